The normalized spacial score (nSPS) is 10.6. The molecule has 1 aromatic carbocycles. The number of nitrogens with zero attached hydrogens (tertiary/aromatic N) is 3. The van der Waals surface area contributed by atoms with Crippen LogP contribution in [0.2, 0.25) is 0 Å². The van der Waals surface area contributed by atoms with Crippen molar-refractivity contribution >= 4 is 11.6 Å². The van der Waals surface area contributed by atoms with Crippen molar-refractivity contribution in [2.24, 2.45) is 0 Å². The Hall–Kier alpha value is -2.43. The van der Waals surface area contributed by atoms with E-state index < -0.39 is 0 Å². The molecule has 0 saturated heterocycles. The summed E-state index contributed by atoms with van der Waals surface area (Å²) in [5, 5.41) is 4.21. The predicted molar refractivity (Wildman–Crippen MR) is 92.1 cm³/mol. The van der Waals surface area contributed by atoms with Crippen LogP contribution < -0.4 is 10.5 Å². The van der Waals surface area contributed by atoms with E-state index in [9.17, 15) is 9.59 Å². The quantitative estimate of drug-likeness (QED) is 0.853. The maximum Gasteiger partial charge on any atom is 0.278 e. The van der Waals surface area contributed by atoms with E-state index in [1.165, 1.54) is 16.8 Å². The van der Waals surface area contributed by atoms with Crippen LogP contribution in [0.5, 0.6) is 0 Å². The van der Waals surface area contributed by atoms with Gasteiger partial charge in [-0.2, -0.15) is 5.10 Å². The number of amides is 1. The number of aromatic nitrogens is 2. The Morgan fingerprint density at radius 1 is 1.13 bits per heavy atom. The van der Waals surface area contributed by atoms with Crippen LogP contribution in [0.4, 0.5) is 5.69 Å². The van der Waals surface area contributed by atoms with Crippen molar-refractivity contribution in [2.75, 3.05) is 11.4 Å². The predicted octanol–water partition coefficient (Wildman–Crippen LogP) is 2.94. The summed E-state index contributed by atoms with van der Waals surface area (Å²) in [5.74, 6) is -0.192. The SMILES string of the molecule is CCCn1nc(C(=O)N(CC)c2cc(C)cc(C)c2)ccc1=O. The minimum absolute atomic E-state index is 0.183. The molecule has 0 aliphatic rings. The van der Waals surface area contributed by atoms with Crippen molar-refractivity contribution in [3.8, 4) is 0 Å². The fourth-order valence-electron chi connectivity index (χ4n) is 2.62. The van der Waals surface area contributed by atoms with Gasteiger partial charge >= 0.3 is 0 Å². The van der Waals surface area contributed by atoms with Crippen molar-refractivity contribution in [1.82, 2.24) is 9.78 Å². The van der Waals surface area contributed by atoms with Crippen LogP contribution in [0.1, 0.15) is 41.9 Å². The molecule has 2 aromatic rings. The molecule has 1 amide bonds. The van der Waals surface area contributed by atoms with Crippen molar-refractivity contribution in [1.29, 1.82) is 0 Å². The van der Waals surface area contributed by atoms with Gasteiger partial charge in [0.1, 0.15) is 5.69 Å². The van der Waals surface area contributed by atoms with Crippen molar-refractivity contribution in [3.63, 3.8) is 0 Å². The smallest absolute Gasteiger partial charge is 0.278 e. The molecule has 5 heteroatoms. The number of carbonyl (C=O) groups is 1. The molecule has 122 valence electrons. The zero-order chi connectivity index (χ0) is 17.0. The number of aryl methyl sites for hydroxylation is 3. The molecule has 0 radical (unpaired) electrons. The summed E-state index contributed by atoms with van der Waals surface area (Å²) in [7, 11) is 0. The molecule has 0 bridgehead atoms. The van der Waals surface area contributed by atoms with Gasteiger partial charge in [-0.1, -0.05) is 13.0 Å². The van der Waals surface area contributed by atoms with Crippen LogP contribution in [0, 0.1) is 13.8 Å². The van der Waals surface area contributed by atoms with Gasteiger partial charge in [0.05, 0.1) is 0 Å². The monoisotopic (exact) mass is 313 g/mol. The van der Waals surface area contributed by atoms with Gasteiger partial charge in [-0.25, -0.2) is 4.68 Å². The van der Waals surface area contributed by atoms with Gasteiger partial charge in [-0.05, 0) is 56.5 Å². The number of anilines is 1. The largest absolute Gasteiger partial charge is 0.307 e. The van der Waals surface area contributed by atoms with E-state index in [2.05, 4.69) is 11.2 Å². The first kappa shape index (κ1) is 16.9. The second kappa shape index (κ2) is 7.22. The van der Waals surface area contributed by atoms with Gasteiger partial charge in [0.25, 0.3) is 11.5 Å². The zero-order valence-electron chi connectivity index (χ0n) is 14.2. The average molecular weight is 313 g/mol. The Bertz CT molecular complexity index is 745. The first-order valence-electron chi connectivity index (χ1n) is 7.94. The topological polar surface area (TPSA) is 55.2 Å². The summed E-state index contributed by atoms with van der Waals surface area (Å²) in [6.07, 6.45) is 0.791. The highest BCUT2D eigenvalue weighted by Crippen LogP contribution is 2.20. The lowest BCUT2D eigenvalue weighted by Crippen LogP contribution is -2.34. The third-order valence-corrected chi connectivity index (χ3v) is 3.60. The van der Waals surface area contributed by atoms with Gasteiger partial charge in [-0.15, -0.1) is 0 Å². The minimum atomic E-state index is -0.192. The number of rotatable bonds is 5. The number of carbonyl (C=O) groups excluding carboxylic acids is 1. The molecule has 0 spiro atoms. The molecular formula is C18H23N3O2. The Labute approximate surface area is 136 Å². The maximum absolute atomic E-state index is 12.8. The van der Waals surface area contributed by atoms with Crippen LogP contribution in [-0.4, -0.2) is 22.2 Å². The summed E-state index contributed by atoms with van der Waals surface area (Å²) in [4.78, 5) is 26.3. The summed E-state index contributed by atoms with van der Waals surface area (Å²) in [6, 6.07) is 8.95. The van der Waals surface area contributed by atoms with Crippen LogP contribution in [0.3, 0.4) is 0 Å². The lowest BCUT2D eigenvalue weighted by atomic mass is 10.1. The molecule has 0 aliphatic heterocycles. The lowest BCUT2D eigenvalue weighted by Gasteiger charge is -2.22. The molecule has 0 unspecified atom stereocenters. The molecule has 0 atom stereocenters. The molecule has 0 N–H and O–H groups in total. The van der Waals surface area contributed by atoms with E-state index in [0.717, 1.165) is 23.2 Å². The Kier molecular flexibility index (Phi) is 5.32. The molecule has 1 heterocycles. The first-order valence-corrected chi connectivity index (χ1v) is 7.94. The van der Waals surface area contributed by atoms with Crippen LogP contribution in [0.25, 0.3) is 0 Å². The number of hydrogen-bond acceptors (Lipinski definition) is 3. The van der Waals surface area contributed by atoms with E-state index in [4.69, 9.17) is 0 Å². The Morgan fingerprint density at radius 2 is 1.78 bits per heavy atom. The Morgan fingerprint density at radius 3 is 2.35 bits per heavy atom. The zero-order valence-corrected chi connectivity index (χ0v) is 14.2. The van der Waals surface area contributed by atoms with Gasteiger partial charge in [-0.3, -0.25) is 9.59 Å². The third-order valence-electron chi connectivity index (χ3n) is 3.60. The highest BCUT2D eigenvalue weighted by Gasteiger charge is 2.19. The van der Waals surface area contributed by atoms with Gasteiger partial charge in [0.2, 0.25) is 0 Å². The number of benzene rings is 1. The summed E-state index contributed by atoms with van der Waals surface area (Å²) in [5.41, 5.74) is 3.17. The standard InChI is InChI=1S/C18H23N3O2/c1-5-9-21-17(22)8-7-16(19-21)18(23)20(6-2)15-11-13(3)10-14(4)12-15/h7-8,10-12H,5-6,9H2,1-4H3. The van der Waals surface area contributed by atoms with Gasteiger partial charge in [0, 0.05) is 24.8 Å². The maximum atomic E-state index is 12.8. The highest BCUT2D eigenvalue weighted by molar-refractivity contribution is 6.04. The van der Waals surface area contributed by atoms with E-state index in [0.29, 0.717) is 18.8 Å². The van der Waals surface area contributed by atoms with E-state index in [-0.39, 0.29) is 11.5 Å². The van der Waals surface area contributed by atoms with Crippen molar-refractivity contribution in [2.45, 2.75) is 40.7 Å². The summed E-state index contributed by atoms with van der Waals surface area (Å²) < 4.78 is 1.35. The molecule has 0 aliphatic carbocycles. The van der Waals surface area contributed by atoms with Gasteiger partial charge < -0.3 is 4.90 Å². The highest BCUT2D eigenvalue weighted by atomic mass is 16.2. The third kappa shape index (κ3) is 3.86. The molecule has 0 fully saturated rings. The van der Waals surface area contributed by atoms with Crippen molar-refractivity contribution < 1.29 is 4.79 Å². The van der Waals surface area contributed by atoms with Crippen molar-refractivity contribution in [3.05, 3.63) is 57.5 Å². The number of hydrogen-bond donors (Lipinski definition) is 0. The van der Waals surface area contributed by atoms with Crippen LogP contribution in [0.15, 0.2) is 35.1 Å². The van der Waals surface area contributed by atoms with E-state index >= 15 is 0 Å². The first-order chi connectivity index (χ1) is 11.0. The second-order valence-corrected chi connectivity index (χ2v) is 5.68. The van der Waals surface area contributed by atoms with Crippen LogP contribution in [-0.2, 0) is 6.54 Å². The molecule has 1 aromatic heterocycles. The Balaban J connectivity index is 2.40. The van der Waals surface area contributed by atoms with Gasteiger partial charge in [0.15, 0.2) is 0 Å². The summed E-state index contributed by atoms with van der Waals surface area (Å²) in [6.45, 7) is 8.96. The fraction of sp³-hybridized carbons (Fsp3) is 0.389. The second-order valence-electron chi connectivity index (χ2n) is 5.68. The molecule has 2 rings (SSSR count). The lowest BCUT2D eigenvalue weighted by molar-refractivity contribution is 0.0981. The van der Waals surface area contributed by atoms with E-state index in [1.54, 1.807) is 4.90 Å². The molecule has 23 heavy (non-hydrogen) atoms. The molecule has 0 saturated carbocycles. The average Bonchev–Trinajstić information content (AvgIpc) is 2.49. The van der Waals surface area contributed by atoms with E-state index in [1.807, 2.05) is 39.8 Å². The molecular weight excluding hydrogens is 290 g/mol. The summed E-state index contributed by atoms with van der Waals surface area (Å²) >= 11 is 0. The van der Waals surface area contributed by atoms with Crippen LogP contribution >= 0.6 is 0 Å². The minimum Gasteiger partial charge on any atom is -0.307 e. The molecule has 5 nitrogen and oxygen atoms in total. The fourth-order valence-corrected chi connectivity index (χ4v) is 2.62.